The normalized spacial score (nSPS) is 32.8. The van der Waals surface area contributed by atoms with Gasteiger partial charge in [-0.25, -0.2) is 4.79 Å². The van der Waals surface area contributed by atoms with Gasteiger partial charge in [-0.2, -0.15) is 0 Å². The van der Waals surface area contributed by atoms with Crippen molar-refractivity contribution in [2.75, 3.05) is 13.1 Å². The molecule has 1 unspecified atom stereocenters. The molecule has 1 atom stereocenters. The number of nitrogens with one attached hydrogen (secondary N) is 1. The lowest BCUT2D eigenvalue weighted by Gasteiger charge is -2.46. The average Bonchev–Trinajstić information content (AvgIpc) is 2.02. The molecule has 12 heavy (non-hydrogen) atoms. The lowest BCUT2D eigenvalue weighted by molar-refractivity contribution is -0.184. The van der Waals surface area contributed by atoms with E-state index < -0.39 is 12.1 Å². The van der Waals surface area contributed by atoms with Crippen LogP contribution < -0.4 is 5.32 Å². The molecule has 0 aliphatic carbocycles. The highest BCUT2D eigenvalue weighted by molar-refractivity contribution is 5.72. The molecule has 0 saturated carbocycles. The first-order chi connectivity index (χ1) is 5.72. The lowest BCUT2D eigenvalue weighted by atomic mass is 9.86. The number of hydrogen-bond acceptors (Lipinski definition) is 3. The highest BCUT2D eigenvalue weighted by Crippen LogP contribution is 2.31. The Morgan fingerprint density at radius 3 is 2.83 bits per heavy atom. The van der Waals surface area contributed by atoms with Gasteiger partial charge in [-0.05, 0) is 19.3 Å². The third kappa shape index (κ3) is 1.21. The summed E-state index contributed by atoms with van der Waals surface area (Å²) >= 11 is 0. The van der Waals surface area contributed by atoms with Crippen LogP contribution in [0.4, 0.5) is 0 Å². The molecule has 0 radical (unpaired) electrons. The first-order valence-electron chi connectivity index (χ1n) is 4.33. The maximum atomic E-state index is 10.6. The molecule has 68 valence electrons. The van der Waals surface area contributed by atoms with Crippen LogP contribution in [0.1, 0.15) is 19.3 Å². The van der Waals surface area contributed by atoms with Gasteiger partial charge in [0.15, 0.2) is 6.10 Å². The molecule has 2 aliphatic rings. The number of carboxylic acid groups (broad SMARTS) is 1. The van der Waals surface area contributed by atoms with Crippen LogP contribution in [0.2, 0.25) is 0 Å². The van der Waals surface area contributed by atoms with Crippen LogP contribution in [0.15, 0.2) is 0 Å². The Hall–Kier alpha value is -0.610. The fourth-order valence-corrected chi connectivity index (χ4v) is 1.87. The molecule has 0 bridgehead atoms. The molecule has 2 aliphatic heterocycles. The summed E-state index contributed by atoms with van der Waals surface area (Å²) in [5, 5.41) is 11.9. The van der Waals surface area contributed by atoms with E-state index in [9.17, 15) is 4.79 Å². The minimum absolute atomic E-state index is 0.138. The number of carbonyl (C=O) groups is 1. The molecular weight excluding hydrogens is 158 g/mol. The van der Waals surface area contributed by atoms with Crippen molar-refractivity contribution in [3.63, 3.8) is 0 Å². The zero-order chi connectivity index (χ0) is 8.60. The van der Waals surface area contributed by atoms with E-state index in [-0.39, 0.29) is 5.60 Å². The lowest BCUT2D eigenvalue weighted by Crippen LogP contribution is -2.64. The van der Waals surface area contributed by atoms with Crippen LogP contribution >= 0.6 is 0 Å². The second-order valence-electron chi connectivity index (χ2n) is 3.62. The summed E-state index contributed by atoms with van der Waals surface area (Å²) in [5.41, 5.74) is -0.138. The van der Waals surface area contributed by atoms with Crippen molar-refractivity contribution in [3.05, 3.63) is 0 Å². The molecule has 2 rings (SSSR count). The molecular formula is C8H13NO3. The Morgan fingerprint density at radius 2 is 2.33 bits per heavy atom. The molecule has 0 amide bonds. The van der Waals surface area contributed by atoms with Crippen molar-refractivity contribution in [3.8, 4) is 0 Å². The van der Waals surface area contributed by atoms with E-state index in [1.165, 1.54) is 0 Å². The van der Waals surface area contributed by atoms with Crippen molar-refractivity contribution in [2.24, 2.45) is 0 Å². The minimum Gasteiger partial charge on any atom is -0.479 e. The van der Waals surface area contributed by atoms with Crippen LogP contribution in [-0.4, -0.2) is 35.9 Å². The van der Waals surface area contributed by atoms with Crippen LogP contribution in [0.25, 0.3) is 0 Å². The van der Waals surface area contributed by atoms with Gasteiger partial charge >= 0.3 is 5.97 Å². The van der Waals surface area contributed by atoms with Gasteiger partial charge in [-0.1, -0.05) is 0 Å². The fraction of sp³-hybridized carbons (Fsp3) is 0.875. The van der Waals surface area contributed by atoms with E-state index in [1.807, 2.05) is 0 Å². The molecule has 0 aromatic heterocycles. The minimum atomic E-state index is -0.819. The fourth-order valence-electron chi connectivity index (χ4n) is 1.87. The van der Waals surface area contributed by atoms with Crippen LogP contribution in [0.5, 0.6) is 0 Å². The van der Waals surface area contributed by atoms with Crippen LogP contribution in [-0.2, 0) is 9.53 Å². The molecule has 2 heterocycles. The van der Waals surface area contributed by atoms with Crippen molar-refractivity contribution < 1.29 is 14.6 Å². The molecule has 0 aromatic carbocycles. The smallest absolute Gasteiger partial charge is 0.332 e. The summed E-state index contributed by atoms with van der Waals surface area (Å²) in [6.07, 6.45) is 2.07. The van der Waals surface area contributed by atoms with Crippen LogP contribution in [0, 0.1) is 0 Å². The highest BCUT2D eigenvalue weighted by atomic mass is 16.5. The van der Waals surface area contributed by atoms with Gasteiger partial charge in [0.1, 0.15) is 0 Å². The van der Waals surface area contributed by atoms with Gasteiger partial charge in [0, 0.05) is 13.1 Å². The van der Waals surface area contributed by atoms with Crippen molar-refractivity contribution in [1.29, 1.82) is 0 Å². The second-order valence-corrected chi connectivity index (χ2v) is 3.62. The maximum Gasteiger partial charge on any atom is 0.332 e. The largest absolute Gasteiger partial charge is 0.479 e. The average molecular weight is 171 g/mol. The Kier molecular flexibility index (Phi) is 1.81. The van der Waals surface area contributed by atoms with E-state index in [1.54, 1.807) is 0 Å². The predicted octanol–water partition coefficient (Wildman–Crippen LogP) is -0.0179. The van der Waals surface area contributed by atoms with Crippen LogP contribution in [0.3, 0.4) is 0 Å². The van der Waals surface area contributed by atoms with Gasteiger partial charge in [0.05, 0.1) is 5.60 Å². The van der Waals surface area contributed by atoms with Crippen molar-refractivity contribution in [2.45, 2.75) is 31.0 Å². The maximum absolute atomic E-state index is 10.6. The summed E-state index contributed by atoms with van der Waals surface area (Å²) in [6, 6.07) is 0. The standard InChI is InChI=1S/C8H13NO3/c10-7(11)6-2-1-3-8(12-6)4-9-5-8/h6,9H,1-5H2,(H,10,11). The third-order valence-corrected chi connectivity index (χ3v) is 2.66. The monoisotopic (exact) mass is 171 g/mol. The number of carboxylic acids is 1. The summed E-state index contributed by atoms with van der Waals surface area (Å²) in [6.45, 7) is 1.63. The first kappa shape index (κ1) is 8.01. The summed E-state index contributed by atoms with van der Waals surface area (Å²) in [5.74, 6) is -0.819. The Bertz CT molecular complexity index is 200. The van der Waals surface area contributed by atoms with Gasteiger partial charge < -0.3 is 15.2 Å². The SMILES string of the molecule is O=C(O)C1CCCC2(CNC2)O1. The van der Waals surface area contributed by atoms with Crippen molar-refractivity contribution >= 4 is 5.97 Å². The summed E-state index contributed by atoms with van der Waals surface area (Å²) in [7, 11) is 0. The molecule has 4 heteroatoms. The summed E-state index contributed by atoms with van der Waals surface area (Å²) in [4.78, 5) is 10.6. The second kappa shape index (κ2) is 2.71. The topological polar surface area (TPSA) is 58.6 Å². The molecule has 2 saturated heterocycles. The number of ether oxygens (including phenoxy) is 1. The molecule has 0 aromatic rings. The highest BCUT2D eigenvalue weighted by Gasteiger charge is 2.44. The predicted molar refractivity (Wildman–Crippen MR) is 42.0 cm³/mol. The van der Waals surface area contributed by atoms with E-state index in [0.717, 1.165) is 25.9 Å². The Balaban J connectivity index is 1.98. The third-order valence-electron chi connectivity index (χ3n) is 2.66. The van der Waals surface area contributed by atoms with E-state index in [4.69, 9.17) is 9.84 Å². The number of hydrogen-bond donors (Lipinski definition) is 2. The van der Waals surface area contributed by atoms with Gasteiger partial charge in [-0.15, -0.1) is 0 Å². The molecule has 2 fully saturated rings. The Morgan fingerprint density at radius 1 is 1.58 bits per heavy atom. The molecule has 4 nitrogen and oxygen atoms in total. The Labute approximate surface area is 70.9 Å². The van der Waals surface area contributed by atoms with Gasteiger partial charge in [-0.3, -0.25) is 0 Å². The molecule has 1 spiro atoms. The van der Waals surface area contributed by atoms with Crippen molar-refractivity contribution in [1.82, 2.24) is 5.32 Å². The van der Waals surface area contributed by atoms with E-state index >= 15 is 0 Å². The van der Waals surface area contributed by atoms with E-state index in [2.05, 4.69) is 5.32 Å². The first-order valence-corrected chi connectivity index (χ1v) is 4.33. The van der Waals surface area contributed by atoms with Gasteiger partial charge in [0.25, 0.3) is 0 Å². The zero-order valence-corrected chi connectivity index (χ0v) is 6.88. The number of aliphatic carboxylic acids is 1. The summed E-state index contributed by atoms with van der Waals surface area (Å²) < 4.78 is 5.51. The van der Waals surface area contributed by atoms with E-state index in [0.29, 0.717) is 6.42 Å². The molecule has 2 N–H and O–H groups in total. The zero-order valence-electron chi connectivity index (χ0n) is 6.88. The van der Waals surface area contributed by atoms with Gasteiger partial charge in [0.2, 0.25) is 0 Å². The quantitative estimate of drug-likeness (QED) is 0.582. The number of rotatable bonds is 1.